The van der Waals surface area contributed by atoms with E-state index in [-0.39, 0.29) is 0 Å². The molecular formula is C13H15ClN2. The maximum atomic E-state index is 5.97. The van der Waals surface area contributed by atoms with Gasteiger partial charge in [-0.1, -0.05) is 11.6 Å². The zero-order valence-corrected chi connectivity index (χ0v) is 9.95. The average molecular weight is 235 g/mol. The van der Waals surface area contributed by atoms with Gasteiger partial charge in [0.05, 0.1) is 0 Å². The standard InChI is InChI=1S/C13H15ClN2/c14-12-2-3-13-11(10-12)4-7-16(13)9-8-15-5-1-6-15/h2-4,7,10H,1,5-6,8-9H2. The second kappa shape index (κ2) is 4.11. The lowest BCUT2D eigenvalue weighted by Gasteiger charge is -2.30. The van der Waals surface area contributed by atoms with Gasteiger partial charge in [-0.2, -0.15) is 0 Å². The van der Waals surface area contributed by atoms with E-state index in [1.165, 1.54) is 30.4 Å². The Morgan fingerprint density at radius 1 is 1.12 bits per heavy atom. The van der Waals surface area contributed by atoms with E-state index in [9.17, 15) is 0 Å². The maximum absolute atomic E-state index is 5.97. The molecule has 1 aromatic carbocycles. The second-order valence-electron chi connectivity index (χ2n) is 4.41. The topological polar surface area (TPSA) is 8.17 Å². The Bertz CT molecular complexity index is 500. The Morgan fingerprint density at radius 2 is 2.00 bits per heavy atom. The average Bonchev–Trinajstić information content (AvgIpc) is 2.58. The molecule has 1 aliphatic heterocycles. The van der Waals surface area contributed by atoms with Crippen LogP contribution in [0, 0.1) is 0 Å². The monoisotopic (exact) mass is 234 g/mol. The third-order valence-electron chi connectivity index (χ3n) is 3.34. The largest absolute Gasteiger partial charge is 0.346 e. The third-order valence-corrected chi connectivity index (χ3v) is 3.57. The van der Waals surface area contributed by atoms with Crippen LogP contribution < -0.4 is 0 Å². The van der Waals surface area contributed by atoms with Crippen molar-refractivity contribution in [3.05, 3.63) is 35.5 Å². The van der Waals surface area contributed by atoms with Gasteiger partial charge in [0.2, 0.25) is 0 Å². The summed E-state index contributed by atoms with van der Waals surface area (Å²) in [7, 11) is 0. The molecule has 1 aliphatic rings. The molecule has 16 heavy (non-hydrogen) atoms. The van der Waals surface area contributed by atoms with Gasteiger partial charge in [0.15, 0.2) is 0 Å². The molecule has 0 radical (unpaired) electrons. The van der Waals surface area contributed by atoms with Gasteiger partial charge < -0.3 is 9.47 Å². The van der Waals surface area contributed by atoms with Crippen molar-refractivity contribution in [1.82, 2.24) is 9.47 Å². The van der Waals surface area contributed by atoms with E-state index in [4.69, 9.17) is 11.6 Å². The molecule has 3 rings (SSSR count). The number of rotatable bonds is 3. The van der Waals surface area contributed by atoms with Gasteiger partial charge in [-0.15, -0.1) is 0 Å². The van der Waals surface area contributed by atoms with Gasteiger partial charge in [-0.3, -0.25) is 0 Å². The summed E-state index contributed by atoms with van der Waals surface area (Å²) >= 11 is 5.97. The SMILES string of the molecule is Clc1ccc2c(ccn2CCN2CCC2)c1. The molecule has 0 bridgehead atoms. The van der Waals surface area contributed by atoms with Crippen molar-refractivity contribution in [2.75, 3.05) is 19.6 Å². The first-order valence-electron chi connectivity index (χ1n) is 5.80. The molecule has 2 heterocycles. The Morgan fingerprint density at radius 3 is 2.75 bits per heavy atom. The lowest BCUT2D eigenvalue weighted by Crippen LogP contribution is -2.39. The maximum Gasteiger partial charge on any atom is 0.0481 e. The highest BCUT2D eigenvalue weighted by Crippen LogP contribution is 2.20. The number of halogens is 1. The van der Waals surface area contributed by atoms with Crippen molar-refractivity contribution >= 4 is 22.5 Å². The van der Waals surface area contributed by atoms with Gasteiger partial charge in [0, 0.05) is 35.2 Å². The zero-order valence-electron chi connectivity index (χ0n) is 9.19. The number of aromatic nitrogens is 1. The van der Waals surface area contributed by atoms with E-state index in [1.807, 2.05) is 12.1 Å². The first kappa shape index (κ1) is 10.2. The molecule has 3 heteroatoms. The molecule has 0 amide bonds. The number of hydrogen-bond donors (Lipinski definition) is 0. The van der Waals surface area contributed by atoms with Crippen molar-refractivity contribution in [1.29, 1.82) is 0 Å². The highest BCUT2D eigenvalue weighted by molar-refractivity contribution is 6.31. The van der Waals surface area contributed by atoms with E-state index in [0.29, 0.717) is 0 Å². The van der Waals surface area contributed by atoms with Crippen LogP contribution in [0.5, 0.6) is 0 Å². The van der Waals surface area contributed by atoms with E-state index < -0.39 is 0 Å². The van der Waals surface area contributed by atoms with E-state index in [2.05, 4.69) is 27.8 Å². The molecule has 2 aromatic rings. The van der Waals surface area contributed by atoms with Gasteiger partial charge >= 0.3 is 0 Å². The molecule has 1 saturated heterocycles. The minimum atomic E-state index is 0.813. The van der Waals surface area contributed by atoms with Crippen molar-refractivity contribution < 1.29 is 0 Å². The summed E-state index contributed by atoms with van der Waals surface area (Å²) in [4.78, 5) is 2.49. The summed E-state index contributed by atoms with van der Waals surface area (Å²) in [6.07, 6.45) is 3.52. The first-order chi connectivity index (χ1) is 7.83. The number of hydrogen-bond acceptors (Lipinski definition) is 1. The summed E-state index contributed by atoms with van der Waals surface area (Å²) < 4.78 is 2.31. The smallest absolute Gasteiger partial charge is 0.0481 e. The van der Waals surface area contributed by atoms with Crippen LogP contribution in [-0.2, 0) is 6.54 Å². The van der Waals surface area contributed by atoms with E-state index >= 15 is 0 Å². The summed E-state index contributed by atoms with van der Waals surface area (Å²) in [5.41, 5.74) is 1.28. The van der Waals surface area contributed by atoms with Gasteiger partial charge in [0.25, 0.3) is 0 Å². The van der Waals surface area contributed by atoms with Crippen LogP contribution in [0.4, 0.5) is 0 Å². The molecule has 1 fully saturated rings. The number of likely N-dealkylation sites (tertiary alicyclic amines) is 1. The van der Waals surface area contributed by atoms with E-state index in [0.717, 1.165) is 18.1 Å². The van der Waals surface area contributed by atoms with Crippen molar-refractivity contribution in [2.45, 2.75) is 13.0 Å². The Labute approximate surface area is 100 Å². The highest BCUT2D eigenvalue weighted by Gasteiger charge is 2.13. The molecule has 0 saturated carbocycles. The van der Waals surface area contributed by atoms with Crippen LogP contribution in [-0.4, -0.2) is 29.1 Å². The third kappa shape index (κ3) is 1.83. The second-order valence-corrected chi connectivity index (χ2v) is 4.84. The van der Waals surface area contributed by atoms with Gasteiger partial charge in [-0.05, 0) is 43.8 Å². The lowest BCUT2D eigenvalue weighted by molar-refractivity contribution is 0.175. The molecule has 84 valence electrons. The zero-order chi connectivity index (χ0) is 11.0. The predicted molar refractivity (Wildman–Crippen MR) is 68.0 cm³/mol. The summed E-state index contributed by atoms with van der Waals surface area (Å²) in [6.45, 7) is 4.77. The van der Waals surface area contributed by atoms with Crippen molar-refractivity contribution in [2.24, 2.45) is 0 Å². The van der Waals surface area contributed by atoms with Crippen molar-refractivity contribution in [3.8, 4) is 0 Å². The van der Waals surface area contributed by atoms with Gasteiger partial charge in [0.1, 0.15) is 0 Å². The fraction of sp³-hybridized carbons (Fsp3) is 0.385. The Balaban J connectivity index is 1.80. The molecule has 1 aromatic heterocycles. The van der Waals surface area contributed by atoms with Crippen LogP contribution in [0.3, 0.4) is 0 Å². The molecule has 0 N–H and O–H groups in total. The fourth-order valence-electron chi connectivity index (χ4n) is 2.22. The summed E-state index contributed by atoms with van der Waals surface area (Å²) in [5, 5.41) is 2.05. The molecule has 0 atom stereocenters. The first-order valence-corrected chi connectivity index (χ1v) is 6.17. The Hall–Kier alpha value is -0.990. The fourth-order valence-corrected chi connectivity index (χ4v) is 2.40. The minimum absolute atomic E-state index is 0.813. The molecule has 0 unspecified atom stereocenters. The van der Waals surface area contributed by atoms with Crippen molar-refractivity contribution in [3.63, 3.8) is 0 Å². The molecule has 0 spiro atoms. The minimum Gasteiger partial charge on any atom is -0.346 e. The van der Waals surface area contributed by atoms with Crippen LogP contribution in [0.1, 0.15) is 6.42 Å². The summed E-state index contributed by atoms with van der Waals surface area (Å²) in [6, 6.07) is 8.23. The number of fused-ring (bicyclic) bond motifs is 1. The van der Waals surface area contributed by atoms with Crippen LogP contribution in [0.15, 0.2) is 30.5 Å². The predicted octanol–water partition coefficient (Wildman–Crippen LogP) is 3.00. The normalized spacial score (nSPS) is 16.6. The highest BCUT2D eigenvalue weighted by atomic mass is 35.5. The quantitative estimate of drug-likeness (QED) is 0.793. The Kier molecular flexibility index (Phi) is 2.62. The van der Waals surface area contributed by atoms with Crippen LogP contribution in [0.2, 0.25) is 5.02 Å². The number of nitrogens with zero attached hydrogens (tertiary/aromatic N) is 2. The van der Waals surface area contributed by atoms with Crippen LogP contribution >= 0.6 is 11.6 Å². The molecule has 0 aliphatic carbocycles. The van der Waals surface area contributed by atoms with E-state index in [1.54, 1.807) is 0 Å². The number of benzene rings is 1. The molecular weight excluding hydrogens is 220 g/mol. The lowest BCUT2D eigenvalue weighted by atomic mass is 10.2. The molecule has 2 nitrogen and oxygen atoms in total. The summed E-state index contributed by atoms with van der Waals surface area (Å²) in [5.74, 6) is 0. The van der Waals surface area contributed by atoms with Gasteiger partial charge in [-0.25, -0.2) is 0 Å². The van der Waals surface area contributed by atoms with Crippen LogP contribution in [0.25, 0.3) is 10.9 Å².